The number of ketones is 2. The van der Waals surface area contributed by atoms with Crippen LogP contribution < -0.4 is 0 Å². The van der Waals surface area contributed by atoms with Gasteiger partial charge in [-0.1, -0.05) is 5.57 Å². The van der Waals surface area contributed by atoms with E-state index in [1.165, 1.54) is 6.92 Å². The van der Waals surface area contributed by atoms with E-state index in [0.29, 0.717) is 5.57 Å². The number of hydrogen-bond donors (Lipinski definition) is 1. The minimum absolute atomic E-state index is 0.197. The van der Waals surface area contributed by atoms with Crippen LogP contribution in [0.25, 0.3) is 0 Å². The van der Waals surface area contributed by atoms with Gasteiger partial charge in [-0.05, 0) is 26.3 Å². The zero-order valence-electron chi connectivity index (χ0n) is 7.17. The van der Waals surface area contributed by atoms with Gasteiger partial charge in [0.2, 0.25) is 5.78 Å². The summed E-state index contributed by atoms with van der Waals surface area (Å²) in [6, 6.07) is 0. The molecule has 0 aliphatic carbocycles. The van der Waals surface area contributed by atoms with Gasteiger partial charge in [0.1, 0.15) is 0 Å². The first-order chi connectivity index (χ1) is 5.37. The number of allylic oxidation sites excluding steroid dienone is 2. The molecule has 0 aromatic carbocycles. The summed E-state index contributed by atoms with van der Waals surface area (Å²) in [7, 11) is 0. The fourth-order valence-electron chi connectivity index (χ4n) is 0.494. The summed E-state index contributed by atoms with van der Waals surface area (Å²) < 4.78 is 0. The lowest BCUT2D eigenvalue weighted by atomic mass is 10.1. The molecule has 0 aromatic rings. The molecule has 0 aliphatic rings. The molecule has 0 bridgehead atoms. The third kappa shape index (κ3) is 2.30. The third-order valence-corrected chi connectivity index (χ3v) is 1.49. The Hall–Kier alpha value is -1.45. The lowest BCUT2D eigenvalue weighted by Gasteiger charge is -1.97. The third-order valence-electron chi connectivity index (χ3n) is 1.49. The van der Waals surface area contributed by atoms with Crippen molar-refractivity contribution in [3.05, 3.63) is 11.1 Å². The highest BCUT2D eigenvalue weighted by Crippen LogP contribution is 2.03. The van der Waals surface area contributed by atoms with Crippen molar-refractivity contribution in [1.29, 1.82) is 0 Å². The Labute approximate surface area is 69.9 Å². The van der Waals surface area contributed by atoms with Gasteiger partial charge in [0.05, 0.1) is 0 Å². The summed E-state index contributed by atoms with van der Waals surface area (Å²) in [4.78, 5) is 31.6. The largest absolute Gasteiger partial charge is 0.475 e. The summed E-state index contributed by atoms with van der Waals surface area (Å²) >= 11 is 0. The van der Waals surface area contributed by atoms with E-state index in [-0.39, 0.29) is 5.57 Å². The van der Waals surface area contributed by atoms with E-state index in [2.05, 4.69) is 0 Å². The second-order valence-electron chi connectivity index (χ2n) is 2.59. The van der Waals surface area contributed by atoms with Gasteiger partial charge in [0.25, 0.3) is 0 Å². The van der Waals surface area contributed by atoms with Crippen LogP contribution in [0.5, 0.6) is 0 Å². The Morgan fingerprint density at radius 3 is 1.58 bits per heavy atom. The van der Waals surface area contributed by atoms with Crippen molar-refractivity contribution in [3.63, 3.8) is 0 Å². The molecule has 0 spiro atoms. The smallest absolute Gasteiger partial charge is 0.380 e. The van der Waals surface area contributed by atoms with Crippen molar-refractivity contribution in [2.45, 2.75) is 20.8 Å². The zero-order chi connectivity index (χ0) is 9.89. The standard InChI is InChI=1S/C8H10O4/c1-4(2)5(3)6(9)7(10)8(11)12/h1-3H3,(H,11,12). The molecule has 12 heavy (non-hydrogen) atoms. The number of Topliss-reactive ketones (excluding diaryl/α,β-unsaturated/α-hetero) is 2. The van der Waals surface area contributed by atoms with Crippen LogP contribution in [-0.4, -0.2) is 22.6 Å². The van der Waals surface area contributed by atoms with Crippen molar-refractivity contribution in [2.75, 3.05) is 0 Å². The van der Waals surface area contributed by atoms with Gasteiger partial charge >= 0.3 is 11.8 Å². The molecule has 1 N–H and O–H groups in total. The predicted octanol–water partition coefficient (Wildman–Crippen LogP) is 0.565. The van der Waals surface area contributed by atoms with Gasteiger partial charge in [-0.3, -0.25) is 9.59 Å². The lowest BCUT2D eigenvalue weighted by Crippen LogP contribution is -2.24. The molecule has 0 atom stereocenters. The Kier molecular flexibility index (Phi) is 3.34. The lowest BCUT2D eigenvalue weighted by molar-refractivity contribution is -0.152. The van der Waals surface area contributed by atoms with Crippen molar-refractivity contribution in [3.8, 4) is 0 Å². The molecule has 0 aliphatic heterocycles. The summed E-state index contributed by atoms with van der Waals surface area (Å²) in [5.74, 6) is -4.03. The van der Waals surface area contributed by atoms with Crippen molar-refractivity contribution in [2.24, 2.45) is 0 Å². The first-order valence-electron chi connectivity index (χ1n) is 3.34. The maximum absolute atomic E-state index is 10.9. The Morgan fingerprint density at radius 1 is 0.917 bits per heavy atom. The number of carboxylic acid groups (broad SMARTS) is 1. The average Bonchev–Trinajstić information content (AvgIpc) is 2.00. The van der Waals surface area contributed by atoms with Gasteiger partial charge in [-0.2, -0.15) is 0 Å². The molecule has 4 nitrogen and oxygen atoms in total. The van der Waals surface area contributed by atoms with Crippen molar-refractivity contribution in [1.82, 2.24) is 0 Å². The second kappa shape index (κ2) is 3.80. The molecule has 0 rings (SSSR count). The van der Waals surface area contributed by atoms with Crippen molar-refractivity contribution >= 4 is 17.5 Å². The summed E-state index contributed by atoms with van der Waals surface area (Å²) in [6.45, 7) is 4.71. The molecule has 0 fully saturated rings. The molecular formula is C8H10O4. The Bertz CT molecular complexity index is 269. The molecule has 0 saturated carbocycles. The molecule has 66 valence electrons. The van der Waals surface area contributed by atoms with Crippen LogP contribution in [0.15, 0.2) is 11.1 Å². The minimum atomic E-state index is -1.71. The number of aliphatic carboxylic acids is 1. The molecule has 0 saturated heterocycles. The minimum Gasteiger partial charge on any atom is -0.475 e. The topological polar surface area (TPSA) is 71.4 Å². The van der Waals surface area contributed by atoms with Gasteiger partial charge in [-0.25, -0.2) is 4.79 Å². The van der Waals surface area contributed by atoms with Crippen LogP contribution in [0.1, 0.15) is 20.8 Å². The van der Waals surface area contributed by atoms with Gasteiger partial charge in [-0.15, -0.1) is 0 Å². The van der Waals surface area contributed by atoms with E-state index < -0.39 is 17.5 Å². The maximum Gasteiger partial charge on any atom is 0.380 e. The van der Waals surface area contributed by atoms with Crippen LogP contribution >= 0.6 is 0 Å². The average molecular weight is 170 g/mol. The molecular weight excluding hydrogens is 160 g/mol. The van der Waals surface area contributed by atoms with Crippen LogP contribution in [0.3, 0.4) is 0 Å². The normalized spacial score (nSPS) is 8.92. The predicted molar refractivity (Wildman–Crippen MR) is 41.7 cm³/mol. The van der Waals surface area contributed by atoms with Crippen LogP contribution in [0, 0.1) is 0 Å². The molecule has 0 aromatic heterocycles. The molecule has 0 amide bonds. The highest BCUT2D eigenvalue weighted by atomic mass is 16.4. The fourth-order valence-corrected chi connectivity index (χ4v) is 0.494. The van der Waals surface area contributed by atoms with Gasteiger partial charge in [0, 0.05) is 0 Å². The Balaban J connectivity index is 4.76. The number of rotatable bonds is 3. The summed E-state index contributed by atoms with van der Waals surface area (Å²) in [6.07, 6.45) is 0. The summed E-state index contributed by atoms with van der Waals surface area (Å²) in [5, 5.41) is 8.19. The second-order valence-corrected chi connectivity index (χ2v) is 2.59. The van der Waals surface area contributed by atoms with E-state index in [1.54, 1.807) is 13.8 Å². The molecule has 4 heteroatoms. The highest BCUT2D eigenvalue weighted by Gasteiger charge is 2.23. The number of hydrogen-bond acceptors (Lipinski definition) is 3. The monoisotopic (exact) mass is 170 g/mol. The first-order valence-corrected chi connectivity index (χ1v) is 3.34. The quantitative estimate of drug-likeness (QED) is 0.381. The molecule has 0 unspecified atom stereocenters. The van der Waals surface area contributed by atoms with E-state index in [1.807, 2.05) is 0 Å². The first kappa shape index (κ1) is 10.6. The number of carboxylic acids is 1. The molecule has 0 radical (unpaired) electrons. The van der Waals surface area contributed by atoms with Crippen LogP contribution in [0.2, 0.25) is 0 Å². The van der Waals surface area contributed by atoms with Gasteiger partial charge < -0.3 is 5.11 Å². The van der Waals surface area contributed by atoms with E-state index in [4.69, 9.17) is 5.11 Å². The fraction of sp³-hybridized carbons (Fsp3) is 0.375. The van der Waals surface area contributed by atoms with Gasteiger partial charge in [0.15, 0.2) is 0 Å². The van der Waals surface area contributed by atoms with E-state index >= 15 is 0 Å². The SMILES string of the molecule is CC(C)=C(C)C(=O)C(=O)C(=O)O. The van der Waals surface area contributed by atoms with E-state index in [9.17, 15) is 14.4 Å². The van der Waals surface area contributed by atoms with E-state index in [0.717, 1.165) is 0 Å². The highest BCUT2D eigenvalue weighted by molar-refractivity contribution is 6.64. The number of carbonyl (C=O) groups excluding carboxylic acids is 2. The maximum atomic E-state index is 10.9. The Morgan fingerprint density at radius 2 is 1.33 bits per heavy atom. The summed E-state index contributed by atoms with van der Waals surface area (Å²) in [5.41, 5.74) is 0.844. The van der Waals surface area contributed by atoms with Crippen LogP contribution in [0.4, 0.5) is 0 Å². The molecule has 0 heterocycles. The van der Waals surface area contributed by atoms with Crippen LogP contribution in [-0.2, 0) is 14.4 Å². The van der Waals surface area contributed by atoms with Crippen molar-refractivity contribution < 1.29 is 19.5 Å². The number of carbonyl (C=O) groups is 3. The zero-order valence-corrected chi connectivity index (χ0v) is 7.17.